The summed E-state index contributed by atoms with van der Waals surface area (Å²) < 4.78 is 5.01. The Kier molecular flexibility index (Phi) is 5.27. The molecule has 7 nitrogen and oxygen atoms in total. The third-order valence-corrected chi connectivity index (χ3v) is 4.85. The van der Waals surface area contributed by atoms with Crippen LogP contribution >= 0.6 is 0 Å². The summed E-state index contributed by atoms with van der Waals surface area (Å²) in [6.45, 7) is 5.38. The van der Waals surface area contributed by atoms with E-state index in [1.807, 2.05) is 4.90 Å². The maximum absolute atomic E-state index is 12.4. The van der Waals surface area contributed by atoms with Gasteiger partial charge in [0.1, 0.15) is 0 Å². The van der Waals surface area contributed by atoms with Gasteiger partial charge < -0.3 is 14.5 Å². The first-order valence-corrected chi connectivity index (χ1v) is 8.57. The molecular formula is C16H26N4O3. The normalized spacial score (nSPS) is 24.1. The molecule has 7 heteroatoms. The number of carbonyl (C=O) groups is 1. The highest BCUT2D eigenvalue weighted by Gasteiger charge is 2.26. The largest absolute Gasteiger partial charge is 0.392 e. The number of piperidine rings is 2. The second-order valence-corrected chi connectivity index (χ2v) is 6.79. The predicted octanol–water partition coefficient (Wildman–Crippen LogP) is 0.616. The van der Waals surface area contributed by atoms with Crippen LogP contribution in [0, 0.1) is 12.8 Å². The number of rotatable bonds is 4. The van der Waals surface area contributed by atoms with Crippen LogP contribution in [0.4, 0.5) is 0 Å². The first kappa shape index (κ1) is 16.4. The maximum Gasteiger partial charge on any atom is 0.236 e. The topological polar surface area (TPSA) is 82.7 Å². The van der Waals surface area contributed by atoms with Gasteiger partial charge in [-0.25, -0.2) is 0 Å². The molecule has 128 valence electrons. The summed E-state index contributed by atoms with van der Waals surface area (Å²) in [5, 5.41) is 13.6. The highest BCUT2D eigenvalue weighted by Crippen LogP contribution is 2.21. The Morgan fingerprint density at radius 2 is 2.09 bits per heavy atom. The second kappa shape index (κ2) is 7.40. The summed E-state index contributed by atoms with van der Waals surface area (Å²) >= 11 is 0. The summed E-state index contributed by atoms with van der Waals surface area (Å²) in [6, 6.07) is 0. The molecule has 0 aliphatic carbocycles. The Hall–Kier alpha value is -1.47. The SMILES string of the molecule is Cc1nc(CC2CCN(C(=O)CN3CCCC(O)C3)CC2)no1. The van der Waals surface area contributed by atoms with Crippen LogP contribution in [0.2, 0.25) is 0 Å². The fourth-order valence-corrected chi connectivity index (χ4v) is 3.53. The van der Waals surface area contributed by atoms with Gasteiger partial charge in [-0.05, 0) is 38.1 Å². The minimum Gasteiger partial charge on any atom is -0.392 e. The third-order valence-electron chi connectivity index (χ3n) is 4.85. The van der Waals surface area contributed by atoms with Crippen molar-refractivity contribution in [1.29, 1.82) is 0 Å². The van der Waals surface area contributed by atoms with Gasteiger partial charge in [-0.15, -0.1) is 0 Å². The van der Waals surface area contributed by atoms with Crippen molar-refractivity contribution in [2.24, 2.45) is 5.92 Å². The molecule has 1 amide bonds. The molecule has 3 heterocycles. The lowest BCUT2D eigenvalue weighted by atomic mass is 9.93. The number of aryl methyl sites for hydroxylation is 1. The smallest absolute Gasteiger partial charge is 0.236 e. The minimum atomic E-state index is -0.277. The Bertz CT molecular complexity index is 525. The third kappa shape index (κ3) is 4.51. The van der Waals surface area contributed by atoms with Crippen LogP contribution < -0.4 is 0 Å². The monoisotopic (exact) mass is 322 g/mol. The molecular weight excluding hydrogens is 296 g/mol. The molecule has 3 rings (SSSR count). The van der Waals surface area contributed by atoms with Gasteiger partial charge in [0, 0.05) is 33.0 Å². The fourth-order valence-electron chi connectivity index (χ4n) is 3.53. The van der Waals surface area contributed by atoms with Crippen molar-refractivity contribution >= 4 is 5.91 Å². The van der Waals surface area contributed by atoms with Crippen molar-refractivity contribution in [3.05, 3.63) is 11.7 Å². The van der Waals surface area contributed by atoms with Crippen molar-refractivity contribution in [3.8, 4) is 0 Å². The average molecular weight is 322 g/mol. The van der Waals surface area contributed by atoms with Crippen molar-refractivity contribution < 1.29 is 14.4 Å². The van der Waals surface area contributed by atoms with Crippen molar-refractivity contribution in [1.82, 2.24) is 19.9 Å². The quantitative estimate of drug-likeness (QED) is 0.875. The van der Waals surface area contributed by atoms with Gasteiger partial charge in [-0.2, -0.15) is 4.98 Å². The molecule has 0 aromatic carbocycles. The van der Waals surface area contributed by atoms with Gasteiger partial charge in [-0.1, -0.05) is 5.16 Å². The predicted molar refractivity (Wildman–Crippen MR) is 83.7 cm³/mol. The van der Waals surface area contributed by atoms with Gasteiger partial charge in [0.05, 0.1) is 12.6 Å². The van der Waals surface area contributed by atoms with E-state index in [4.69, 9.17) is 4.52 Å². The summed E-state index contributed by atoms with van der Waals surface area (Å²) in [6.07, 6.45) is 4.36. The number of nitrogens with zero attached hydrogens (tertiary/aromatic N) is 4. The number of hydrogen-bond donors (Lipinski definition) is 1. The molecule has 0 spiro atoms. The zero-order valence-corrected chi connectivity index (χ0v) is 13.8. The van der Waals surface area contributed by atoms with Crippen LogP contribution in [0.1, 0.15) is 37.4 Å². The van der Waals surface area contributed by atoms with Crippen LogP contribution in [-0.2, 0) is 11.2 Å². The lowest BCUT2D eigenvalue weighted by Crippen LogP contribution is -2.47. The summed E-state index contributed by atoms with van der Waals surface area (Å²) in [4.78, 5) is 20.7. The van der Waals surface area contributed by atoms with Crippen LogP contribution in [0.25, 0.3) is 0 Å². The summed E-state index contributed by atoms with van der Waals surface area (Å²) in [5.41, 5.74) is 0. The highest BCUT2D eigenvalue weighted by atomic mass is 16.5. The molecule has 23 heavy (non-hydrogen) atoms. The number of aromatic nitrogens is 2. The van der Waals surface area contributed by atoms with Crippen molar-refractivity contribution in [2.45, 2.75) is 45.1 Å². The van der Waals surface area contributed by atoms with Crippen LogP contribution in [0.5, 0.6) is 0 Å². The number of β-amino-alcohol motifs (C(OH)–C–C–N with tert-alkyl or cyclic N) is 1. The molecule has 1 N–H and O–H groups in total. The fraction of sp³-hybridized carbons (Fsp3) is 0.812. The molecule has 2 aliphatic heterocycles. The minimum absolute atomic E-state index is 0.188. The Morgan fingerprint density at radius 3 is 2.74 bits per heavy atom. The number of carbonyl (C=O) groups excluding carboxylic acids is 1. The van der Waals surface area contributed by atoms with Gasteiger partial charge in [-0.3, -0.25) is 9.69 Å². The van der Waals surface area contributed by atoms with E-state index in [9.17, 15) is 9.90 Å². The lowest BCUT2D eigenvalue weighted by Gasteiger charge is -2.35. The van der Waals surface area contributed by atoms with Crippen LogP contribution in [0.3, 0.4) is 0 Å². The molecule has 1 aromatic heterocycles. The second-order valence-electron chi connectivity index (χ2n) is 6.79. The van der Waals surface area contributed by atoms with Gasteiger partial charge >= 0.3 is 0 Å². The zero-order chi connectivity index (χ0) is 16.2. The van der Waals surface area contributed by atoms with Crippen LogP contribution in [0.15, 0.2) is 4.52 Å². The van der Waals surface area contributed by atoms with E-state index in [1.54, 1.807) is 6.92 Å². The number of amides is 1. The number of aliphatic hydroxyl groups is 1. The van der Waals surface area contributed by atoms with E-state index in [0.717, 1.165) is 57.6 Å². The van der Waals surface area contributed by atoms with E-state index in [1.165, 1.54) is 0 Å². The molecule has 0 radical (unpaired) electrons. The zero-order valence-electron chi connectivity index (χ0n) is 13.8. The standard InChI is InChI=1S/C16H26N4O3/c1-12-17-15(18-23-12)9-13-4-7-20(8-5-13)16(22)11-19-6-2-3-14(21)10-19/h13-14,21H,2-11H2,1H3. The molecule has 1 unspecified atom stereocenters. The highest BCUT2D eigenvalue weighted by molar-refractivity contribution is 5.78. The van der Waals surface area contributed by atoms with E-state index in [0.29, 0.717) is 24.9 Å². The van der Waals surface area contributed by atoms with Crippen molar-refractivity contribution in [3.63, 3.8) is 0 Å². The summed E-state index contributed by atoms with van der Waals surface area (Å²) in [5.74, 6) is 2.09. The maximum atomic E-state index is 12.4. The van der Waals surface area contributed by atoms with Gasteiger partial charge in [0.2, 0.25) is 11.8 Å². The molecule has 0 bridgehead atoms. The molecule has 2 aliphatic rings. The molecule has 2 fully saturated rings. The molecule has 1 atom stereocenters. The Morgan fingerprint density at radius 1 is 1.30 bits per heavy atom. The number of hydrogen-bond acceptors (Lipinski definition) is 6. The average Bonchev–Trinajstić information content (AvgIpc) is 2.93. The first-order chi connectivity index (χ1) is 11.1. The van der Waals surface area contributed by atoms with Gasteiger partial charge in [0.15, 0.2) is 5.82 Å². The van der Waals surface area contributed by atoms with Gasteiger partial charge in [0.25, 0.3) is 0 Å². The Labute approximate surface area is 136 Å². The van der Waals surface area contributed by atoms with Crippen molar-refractivity contribution in [2.75, 3.05) is 32.7 Å². The molecule has 0 saturated carbocycles. The number of aliphatic hydroxyl groups excluding tert-OH is 1. The van der Waals surface area contributed by atoms with E-state index < -0.39 is 0 Å². The first-order valence-electron chi connectivity index (χ1n) is 8.57. The molecule has 2 saturated heterocycles. The van der Waals surface area contributed by atoms with E-state index >= 15 is 0 Å². The van der Waals surface area contributed by atoms with E-state index in [-0.39, 0.29) is 12.0 Å². The van der Waals surface area contributed by atoms with Crippen LogP contribution in [-0.4, -0.2) is 69.8 Å². The molecule has 1 aromatic rings. The Balaban J connectivity index is 1.42. The lowest BCUT2D eigenvalue weighted by molar-refractivity contribution is -0.134. The summed E-state index contributed by atoms with van der Waals surface area (Å²) in [7, 11) is 0. The number of likely N-dealkylation sites (tertiary alicyclic amines) is 2. The van der Waals surface area contributed by atoms with E-state index in [2.05, 4.69) is 15.0 Å².